The minimum absolute atomic E-state index is 0.649. The Labute approximate surface area is 120 Å². The standard InChI is InChI=1S/C15H21Cl2N/c1-2-18-10-13-5-3-4-12(13)8-11-6-7-14(16)15(17)9-11/h6-7,9,12-13,18H,2-5,8,10H2,1H3. The summed E-state index contributed by atoms with van der Waals surface area (Å²) in [7, 11) is 0. The maximum absolute atomic E-state index is 6.07. The Bertz CT molecular complexity index is 392. The molecule has 0 radical (unpaired) electrons. The van der Waals surface area contributed by atoms with Gasteiger partial charge in [-0.15, -0.1) is 0 Å². The summed E-state index contributed by atoms with van der Waals surface area (Å²) in [5.41, 5.74) is 1.32. The molecule has 1 saturated carbocycles. The fourth-order valence-corrected chi connectivity index (χ4v) is 3.27. The molecule has 0 bridgehead atoms. The number of nitrogens with one attached hydrogen (secondary N) is 1. The smallest absolute Gasteiger partial charge is 0.0595 e. The van der Waals surface area contributed by atoms with E-state index in [-0.39, 0.29) is 0 Å². The lowest BCUT2D eigenvalue weighted by Gasteiger charge is -2.20. The van der Waals surface area contributed by atoms with Crippen LogP contribution in [0.25, 0.3) is 0 Å². The van der Waals surface area contributed by atoms with Crippen LogP contribution in [0.2, 0.25) is 10.0 Å². The van der Waals surface area contributed by atoms with E-state index < -0.39 is 0 Å². The van der Waals surface area contributed by atoms with Crippen LogP contribution in [0.15, 0.2) is 18.2 Å². The van der Waals surface area contributed by atoms with E-state index in [0.717, 1.165) is 31.3 Å². The highest BCUT2D eigenvalue weighted by Gasteiger charge is 2.26. The van der Waals surface area contributed by atoms with Crippen molar-refractivity contribution in [3.63, 3.8) is 0 Å². The van der Waals surface area contributed by atoms with E-state index in [4.69, 9.17) is 23.2 Å². The molecule has 100 valence electrons. The van der Waals surface area contributed by atoms with E-state index in [1.807, 2.05) is 12.1 Å². The molecular formula is C15H21Cl2N. The largest absolute Gasteiger partial charge is 0.317 e. The molecule has 0 aromatic heterocycles. The third-order valence-corrected chi connectivity index (χ3v) is 4.69. The maximum atomic E-state index is 6.07. The summed E-state index contributed by atoms with van der Waals surface area (Å²) in [6, 6.07) is 6.04. The van der Waals surface area contributed by atoms with Gasteiger partial charge in [-0.25, -0.2) is 0 Å². The molecule has 0 amide bonds. The lowest BCUT2D eigenvalue weighted by molar-refractivity contribution is 0.368. The van der Waals surface area contributed by atoms with Crippen molar-refractivity contribution in [1.82, 2.24) is 5.32 Å². The number of rotatable bonds is 5. The van der Waals surface area contributed by atoms with E-state index in [1.165, 1.54) is 24.8 Å². The van der Waals surface area contributed by atoms with Gasteiger partial charge < -0.3 is 5.32 Å². The monoisotopic (exact) mass is 285 g/mol. The fourth-order valence-electron chi connectivity index (χ4n) is 2.95. The summed E-state index contributed by atoms with van der Waals surface area (Å²) in [5.74, 6) is 1.61. The first kappa shape index (κ1) is 14.2. The van der Waals surface area contributed by atoms with Crippen LogP contribution < -0.4 is 5.32 Å². The maximum Gasteiger partial charge on any atom is 0.0595 e. The molecule has 2 rings (SSSR count). The van der Waals surface area contributed by atoms with Crippen LogP contribution in [0.3, 0.4) is 0 Å². The van der Waals surface area contributed by atoms with Crippen molar-refractivity contribution in [2.24, 2.45) is 11.8 Å². The van der Waals surface area contributed by atoms with Gasteiger partial charge in [-0.2, -0.15) is 0 Å². The Morgan fingerprint density at radius 3 is 2.67 bits per heavy atom. The number of halogens is 2. The molecule has 0 aliphatic heterocycles. The van der Waals surface area contributed by atoms with Gasteiger partial charge in [0.2, 0.25) is 0 Å². The molecule has 1 fully saturated rings. The number of benzene rings is 1. The van der Waals surface area contributed by atoms with Crippen LogP contribution in [-0.2, 0) is 6.42 Å². The zero-order chi connectivity index (χ0) is 13.0. The SMILES string of the molecule is CCNCC1CCCC1Cc1ccc(Cl)c(Cl)c1. The Hall–Kier alpha value is -0.240. The molecular weight excluding hydrogens is 265 g/mol. The van der Waals surface area contributed by atoms with Crippen LogP contribution in [0, 0.1) is 11.8 Å². The topological polar surface area (TPSA) is 12.0 Å². The van der Waals surface area contributed by atoms with Gasteiger partial charge >= 0.3 is 0 Å². The first-order valence-corrected chi connectivity index (χ1v) is 7.61. The zero-order valence-electron chi connectivity index (χ0n) is 10.9. The van der Waals surface area contributed by atoms with Gasteiger partial charge in [0.15, 0.2) is 0 Å². The number of hydrogen-bond donors (Lipinski definition) is 1. The van der Waals surface area contributed by atoms with E-state index in [2.05, 4.69) is 18.3 Å². The summed E-state index contributed by atoms with van der Waals surface area (Å²) in [5, 5.41) is 4.80. The molecule has 1 aliphatic rings. The third-order valence-electron chi connectivity index (χ3n) is 3.95. The molecule has 3 heteroatoms. The van der Waals surface area contributed by atoms with E-state index in [0.29, 0.717) is 10.0 Å². The van der Waals surface area contributed by atoms with Crippen molar-refractivity contribution in [3.8, 4) is 0 Å². The molecule has 2 unspecified atom stereocenters. The van der Waals surface area contributed by atoms with E-state index in [1.54, 1.807) is 0 Å². The van der Waals surface area contributed by atoms with Crippen molar-refractivity contribution >= 4 is 23.2 Å². The summed E-state index contributed by atoms with van der Waals surface area (Å²) < 4.78 is 0. The summed E-state index contributed by atoms with van der Waals surface area (Å²) >= 11 is 12.0. The molecule has 1 aromatic carbocycles. The van der Waals surface area contributed by atoms with Gasteiger partial charge in [-0.1, -0.05) is 42.6 Å². The van der Waals surface area contributed by atoms with Crippen molar-refractivity contribution in [2.45, 2.75) is 32.6 Å². The average molecular weight is 286 g/mol. The highest BCUT2D eigenvalue weighted by molar-refractivity contribution is 6.42. The Balaban J connectivity index is 1.96. The molecule has 1 aromatic rings. The Morgan fingerprint density at radius 1 is 1.17 bits per heavy atom. The molecule has 18 heavy (non-hydrogen) atoms. The van der Waals surface area contributed by atoms with Crippen molar-refractivity contribution < 1.29 is 0 Å². The van der Waals surface area contributed by atoms with Crippen molar-refractivity contribution in [2.75, 3.05) is 13.1 Å². The first-order chi connectivity index (χ1) is 8.70. The fraction of sp³-hybridized carbons (Fsp3) is 0.600. The molecule has 1 nitrogen and oxygen atoms in total. The third kappa shape index (κ3) is 3.63. The van der Waals surface area contributed by atoms with Gasteiger partial charge in [0, 0.05) is 0 Å². The van der Waals surface area contributed by atoms with Crippen LogP contribution in [0.5, 0.6) is 0 Å². The second-order valence-corrected chi connectivity index (χ2v) is 6.03. The van der Waals surface area contributed by atoms with Gasteiger partial charge in [0.25, 0.3) is 0 Å². The van der Waals surface area contributed by atoms with Crippen LogP contribution in [-0.4, -0.2) is 13.1 Å². The summed E-state index contributed by atoms with van der Waals surface area (Å²) in [6.07, 6.45) is 5.20. The van der Waals surface area contributed by atoms with Crippen molar-refractivity contribution in [3.05, 3.63) is 33.8 Å². The van der Waals surface area contributed by atoms with Gasteiger partial charge in [0.1, 0.15) is 0 Å². The molecule has 1 N–H and O–H groups in total. The lowest BCUT2D eigenvalue weighted by atomic mass is 9.89. The highest BCUT2D eigenvalue weighted by atomic mass is 35.5. The van der Waals surface area contributed by atoms with Gasteiger partial charge in [0.05, 0.1) is 10.0 Å². The summed E-state index contributed by atoms with van der Waals surface area (Å²) in [4.78, 5) is 0. The normalized spacial score (nSPS) is 23.5. The molecule has 2 atom stereocenters. The first-order valence-electron chi connectivity index (χ1n) is 6.85. The minimum Gasteiger partial charge on any atom is -0.317 e. The van der Waals surface area contributed by atoms with Gasteiger partial charge in [-0.05, 0) is 61.9 Å². The quantitative estimate of drug-likeness (QED) is 0.836. The molecule has 0 heterocycles. The van der Waals surface area contributed by atoms with E-state index >= 15 is 0 Å². The van der Waals surface area contributed by atoms with E-state index in [9.17, 15) is 0 Å². The second-order valence-electron chi connectivity index (χ2n) is 5.21. The molecule has 0 spiro atoms. The van der Waals surface area contributed by atoms with Crippen molar-refractivity contribution in [1.29, 1.82) is 0 Å². The molecule has 1 aliphatic carbocycles. The Kier molecular flexibility index (Phi) is 5.35. The predicted octanol–water partition coefficient (Wildman–Crippen LogP) is 4.56. The average Bonchev–Trinajstić information content (AvgIpc) is 2.79. The van der Waals surface area contributed by atoms with Crippen LogP contribution in [0.1, 0.15) is 31.7 Å². The Morgan fingerprint density at radius 2 is 1.94 bits per heavy atom. The van der Waals surface area contributed by atoms with Gasteiger partial charge in [-0.3, -0.25) is 0 Å². The zero-order valence-corrected chi connectivity index (χ0v) is 12.4. The number of hydrogen-bond acceptors (Lipinski definition) is 1. The lowest BCUT2D eigenvalue weighted by Crippen LogP contribution is -2.25. The minimum atomic E-state index is 0.649. The highest BCUT2D eigenvalue weighted by Crippen LogP contribution is 2.34. The van der Waals surface area contributed by atoms with Crippen LogP contribution >= 0.6 is 23.2 Å². The van der Waals surface area contributed by atoms with Crippen LogP contribution in [0.4, 0.5) is 0 Å². The summed E-state index contributed by atoms with van der Waals surface area (Å²) in [6.45, 7) is 4.39. The second kappa shape index (κ2) is 6.79. The predicted molar refractivity (Wildman–Crippen MR) is 79.5 cm³/mol. The molecule has 0 saturated heterocycles.